The van der Waals surface area contributed by atoms with Gasteiger partial charge in [-0.1, -0.05) is 19.2 Å². The first-order valence-electron chi connectivity index (χ1n) is 7.65. The minimum Gasteiger partial charge on any atom is -0.497 e. The van der Waals surface area contributed by atoms with Gasteiger partial charge in [-0.3, -0.25) is 0 Å². The minimum atomic E-state index is -2.06. The summed E-state index contributed by atoms with van der Waals surface area (Å²) in [5.74, 6) is 1.54. The number of aliphatic hydroxyl groups is 1. The number of hydrogen-bond donors (Lipinski definition) is 2. The van der Waals surface area contributed by atoms with E-state index in [1.807, 2.05) is 18.2 Å². The number of nitrogens with one attached hydrogen (secondary N) is 1. The Morgan fingerprint density at radius 1 is 1.26 bits per heavy atom. The Morgan fingerprint density at radius 3 is 2.30 bits per heavy atom. The van der Waals surface area contributed by atoms with Crippen LogP contribution in [0.1, 0.15) is 6.92 Å². The lowest BCUT2D eigenvalue weighted by Gasteiger charge is -2.29. The summed E-state index contributed by atoms with van der Waals surface area (Å²) >= 11 is 0. The Labute approximate surface area is 138 Å². The summed E-state index contributed by atoms with van der Waals surface area (Å²) in [4.78, 5) is 11.3. The third-order valence-corrected chi connectivity index (χ3v) is 6.95. The van der Waals surface area contributed by atoms with E-state index in [0.29, 0.717) is 12.7 Å². The second-order valence-corrected chi connectivity index (χ2v) is 10.6. The molecule has 1 rings (SSSR count). The molecule has 6 nitrogen and oxygen atoms in total. The van der Waals surface area contributed by atoms with Gasteiger partial charge in [0.15, 0.2) is 0 Å². The first-order valence-corrected chi connectivity index (χ1v) is 10.9. The number of rotatable bonds is 8. The van der Waals surface area contributed by atoms with Crippen LogP contribution in [-0.2, 0) is 4.74 Å². The van der Waals surface area contributed by atoms with Crippen LogP contribution in [-0.4, -0.2) is 52.7 Å². The second kappa shape index (κ2) is 8.78. The summed E-state index contributed by atoms with van der Waals surface area (Å²) in [7, 11) is 1.20. The molecule has 0 aromatic heterocycles. The van der Waals surface area contributed by atoms with E-state index >= 15 is 0 Å². The molecule has 2 N–H and O–H groups in total. The van der Waals surface area contributed by atoms with Crippen molar-refractivity contribution >= 4 is 19.4 Å². The van der Waals surface area contributed by atoms with E-state index in [-0.39, 0.29) is 6.54 Å². The van der Waals surface area contributed by atoms with Crippen LogP contribution in [0.15, 0.2) is 18.2 Å². The standard InChI is InChI=1S/C16H27NO5Si/c1-6-22-16(19)17-10-12(18)11-23(4,5)15-13(20-2)8-7-9-14(15)21-3/h7-9,12,18H,6,10-11H2,1-5H3,(H,17,19). The van der Waals surface area contributed by atoms with Gasteiger partial charge in [0.25, 0.3) is 0 Å². The number of carbonyl (C=O) groups excluding carboxylic acids is 1. The molecule has 1 atom stereocenters. The SMILES string of the molecule is CCOC(=O)NCC(O)C[Si](C)(C)c1c(OC)cccc1OC. The van der Waals surface area contributed by atoms with Crippen molar-refractivity contribution in [1.82, 2.24) is 5.32 Å². The smallest absolute Gasteiger partial charge is 0.407 e. The molecule has 0 fully saturated rings. The number of aliphatic hydroxyl groups excluding tert-OH is 1. The molecule has 1 unspecified atom stereocenters. The second-order valence-electron chi connectivity index (χ2n) is 5.88. The zero-order valence-electron chi connectivity index (χ0n) is 14.5. The fourth-order valence-corrected chi connectivity index (χ4v) is 5.90. The molecule has 1 aromatic rings. The van der Waals surface area contributed by atoms with Gasteiger partial charge in [0.2, 0.25) is 0 Å². The van der Waals surface area contributed by atoms with Gasteiger partial charge in [0.05, 0.1) is 35.0 Å². The predicted molar refractivity (Wildman–Crippen MR) is 92.5 cm³/mol. The molecule has 23 heavy (non-hydrogen) atoms. The van der Waals surface area contributed by atoms with Crippen LogP contribution in [0.4, 0.5) is 4.79 Å². The topological polar surface area (TPSA) is 77.0 Å². The van der Waals surface area contributed by atoms with Crippen LogP contribution >= 0.6 is 0 Å². The van der Waals surface area contributed by atoms with E-state index in [9.17, 15) is 9.90 Å². The van der Waals surface area contributed by atoms with E-state index in [1.54, 1.807) is 21.1 Å². The third-order valence-electron chi connectivity index (χ3n) is 3.61. The number of methoxy groups -OCH3 is 2. The molecule has 7 heteroatoms. The number of carbonyl (C=O) groups is 1. The van der Waals surface area contributed by atoms with Crippen LogP contribution in [0.5, 0.6) is 11.5 Å². The summed E-state index contributed by atoms with van der Waals surface area (Å²) in [6.07, 6.45) is -1.17. The van der Waals surface area contributed by atoms with E-state index in [1.165, 1.54) is 0 Å². The first-order chi connectivity index (χ1) is 10.9. The Morgan fingerprint density at radius 2 is 1.83 bits per heavy atom. The quantitative estimate of drug-likeness (QED) is 0.704. The van der Waals surface area contributed by atoms with Crippen LogP contribution in [0.3, 0.4) is 0 Å². The molecule has 0 aliphatic heterocycles. The maximum absolute atomic E-state index is 11.3. The maximum atomic E-state index is 11.3. The lowest BCUT2D eigenvalue weighted by molar-refractivity contribution is 0.139. The highest BCUT2D eigenvalue weighted by Gasteiger charge is 2.33. The van der Waals surface area contributed by atoms with Gasteiger partial charge in [-0.25, -0.2) is 4.79 Å². The van der Waals surface area contributed by atoms with Crippen LogP contribution in [0.25, 0.3) is 0 Å². The monoisotopic (exact) mass is 341 g/mol. The van der Waals surface area contributed by atoms with Gasteiger partial charge in [0, 0.05) is 11.7 Å². The number of alkyl carbamates (subject to hydrolysis) is 1. The molecular weight excluding hydrogens is 314 g/mol. The van der Waals surface area contributed by atoms with Gasteiger partial charge in [0.1, 0.15) is 11.5 Å². The highest BCUT2D eigenvalue weighted by Crippen LogP contribution is 2.25. The zero-order valence-corrected chi connectivity index (χ0v) is 15.5. The molecule has 0 heterocycles. The molecule has 1 amide bonds. The van der Waals surface area contributed by atoms with Gasteiger partial charge in [-0.05, 0) is 25.1 Å². The van der Waals surface area contributed by atoms with Gasteiger partial charge < -0.3 is 24.6 Å². The summed E-state index contributed by atoms with van der Waals surface area (Å²) in [5, 5.41) is 13.9. The van der Waals surface area contributed by atoms with Gasteiger partial charge in [-0.2, -0.15) is 0 Å². The van der Waals surface area contributed by atoms with Crippen LogP contribution < -0.4 is 20.0 Å². The van der Waals surface area contributed by atoms with Crippen molar-refractivity contribution in [3.8, 4) is 11.5 Å². The van der Waals surface area contributed by atoms with Crippen molar-refractivity contribution in [1.29, 1.82) is 0 Å². The molecule has 0 bridgehead atoms. The van der Waals surface area contributed by atoms with Gasteiger partial charge >= 0.3 is 6.09 Å². The average molecular weight is 341 g/mol. The van der Waals surface area contributed by atoms with Crippen molar-refractivity contribution in [2.45, 2.75) is 32.2 Å². The Bertz CT molecular complexity index is 499. The van der Waals surface area contributed by atoms with Crippen molar-refractivity contribution in [3.05, 3.63) is 18.2 Å². The molecule has 0 saturated carbocycles. The fourth-order valence-electron chi connectivity index (χ4n) is 2.66. The van der Waals surface area contributed by atoms with Gasteiger partial charge in [-0.15, -0.1) is 0 Å². The van der Waals surface area contributed by atoms with Crippen LogP contribution in [0, 0.1) is 0 Å². The molecule has 0 saturated heterocycles. The summed E-state index contributed by atoms with van der Waals surface area (Å²) in [6, 6.07) is 6.24. The maximum Gasteiger partial charge on any atom is 0.407 e. The van der Waals surface area contributed by atoms with E-state index < -0.39 is 20.3 Å². The average Bonchev–Trinajstić information content (AvgIpc) is 2.51. The summed E-state index contributed by atoms with van der Waals surface area (Å²) < 4.78 is 15.7. The Balaban J connectivity index is 2.84. The minimum absolute atomic E-state index is 0.159. The Kier molecular flexibility index (Phi) is 7.38. The third kappa shape index (κ3) is 5.44. The van der Waals surface area contributed by atoms with Crippen molar-refractivity contribution in [2.75, 3.05) is 27.4 Å². The molecule has 0 aliphatic rings. The molecule has 130 valence electrons. The van der Waals surface area contributed by atoms with Crippen molar-refractivity contribution < 1.29 is 24.1 Å². The largest absolute Gasteiger partial charge is 0.497 e. The molecular formula is C16H27NO5Si. The van der Waals surface area contributed by atoms with Crippen molar-refractivity contribution in [2.24, 2.45) is 0 Å². The normalized spacial score (nSPS) is 12.4. The lowest BCUT2D eigenvalue weighted by Crippen LogP contribution is -2.47. The zero-order chi connectivity index (χ0) is 17.5. The van der Waals surface area contributed by atoms with E-state index in [2.05, 4.69) is 18.4 Å². The number of amides is 1. The first kappa shape index (κ1) is 19.3. The van der Waals surface area contributed by atoms with E-state index in [0.717, 1.165) is 16.7 Å². The summed E-state index contributed by atoms with van der Waals surface area (Å²) in [5.41, 5.74) is 0. The highest BCUT2D eigenvalue weighted by molar-refractivity contribution is 6.91. The van der Waals surface area contributed by atoms with E-state index in [4.69, 9.17) is 14.2 Å². The highest BCUT2D eigenvalue weighted by atomic mass is 28.3. The van der Waals surface area contributed by atoms with Crippen molar-refractivity contribution in [3.63, 3.8) is 0 Å². The lowest BCUT2D eigenvalue weighted by atomic mass is 10.3. The Hall–Kier alpha value is -1.73. The number of benzene rings is 1. The molecule has 0 spiro atoms. The fraction of sp³-hybridized carbons (Fsp3) is 0.562. The molecule has 1 aromatic carbocycles. The van der Waals surface area contributed by atoms with Crippen LogP contribution in [0.2, 0.25) is 19.1 Å². The predicted octanol–water partition coefficient (Wildman–Crippen LogP) is 1.73. The summed E-state index contributed by atoms with van der Waals surface area (Å²) in [6.45, 7) is 6.48. The number of ether oxygens (including phenoxy) is 3. The molecule has 0 radical (unpaired) electrons. The number of hydrogen-bond acceptors (Lipinski definition) is 5. The molecule has 0 aliphatic carbocycles.